The zero-order valence-corrected chi connectivity index (χ0v) is 25.3. The van der Waals surface area contributed by atoms with Gasteiger partial charge in [0, 0.05) is 23.7 Å². The fourth-order valence-corrected chi connectivity index (χ4v) is 5.66. The van der Waals surface area contributed by atoms with Crippen LogP contribution in [0.1, 0.15) is 65.9 Å². The average molecular weight is 556 g/mol. The molecular formula is C39H41NO2. The number of para-hydroxylation sites is 1. The van der Waals surface area contributed by atoms with Crippen molar-refractivity contribution in [3.63, 3.8) is 0 Å². The molecule has 1 unspecified atom stereocenters. The molecule has 0 saturated carbocycles. The Hall–Kier alpha value is -4.37. The van der Waals surface area contributed by atoms with Gasteiger partial charge in [0.2, 0.25) is 0 Å². The maximum atomic E-state index is 12.1. The first kappa shape index (κ1) is 29.1. The molecule has 3 nitrogen and oxygen atoms in total. The summed E-state index contributed by atoms with van der Waals surface area (Å²) in [5.41, 5.74) is 12.7. The van der Waals surface area contributed by atoms with Crippen molar-refractivity contribution in [3.05, 3.63) is 137 Å². The molecule has 0 amide bonds. The molecule has 1 aliphatic heterocycles. The van der Waals surface area contributed by atoms with E-state index < -0.39 is 0 Å². The number of benzene rings is 4. The molecule has 1 aliphatic rings. The van der Waals surface area contributed by atoms with Crippen LogP contribution in [0.15, 0.2) is 103 Å². The predicted molar refractivity (Wildman–Crippen MR) is 176 cm³/mol. The van der Waals surface area contributed by atoms with Crippen LogP contribution < -0.4 is 10.1 Å². The number of nitrogens with one attached hydrogen (secondary N) is 1. The summed E-state index contributed by atoms with van der Waals surface area (Å²) in [5, 5.41) is 3.59. The molecule has 0 aliphatic carbocycles. The number of ether oxygens (including phenoxy) is 1. The molecule has 214 valence electrons. The maximum Gasteiger partial charge on any atom is 0.160 e. The predicted octanol–water partition coefficient (Wildman–Crippen LogP) is 8.97. The zero-order valence-electron chi connectivity index (χ0n) is 25.3. The third-order valence-corrected chi connectivity index (χ3v) is 8.43. The minimum Gasteiger partial charge on any atom is -0.493 e. The Balaban J connectivity index is 1.27. The first-order valence-corrected chi connectivity index (χ1v) is 14.9. The van der Waals surface area contributed by atoms with Crippen LogP contribution in [0.4, 0.5) is 0 Å². The van der Waals surface area contributed by atoms with E-state index in [0.717, 1.165) is 66.1 Å². The van der Waals surface area contributed by atoms with E-state index >= 15 is 0 Å². The standard InChI is InChI=1S/C39H41NO2/c1-26(2)27(3)38-23-34(28(4)40-24-31-22-35-10-6-9-13-39(35)42-25-31)21-20-33(38)19-16-30-14-17-32(18-15-30)37-12-8-7-11-36(37)29(5)41/h6-15,17-18,20-21,23,31,40H,4,16,19,22,24-25H2,1-3,5H3. The summed E-state index contributed by atoms with van der Waals surface area (Å²) >= 11 is 0. The van der Waals surface area contributed by atoms with Crippen LogP contribution in [0, 0.1) is 5.92 Å². The van der Waals surface area contributed by atoms with Gasteiger partial charge < -0.3 is 10.1 Å². The molecule has 1 atom stereocenters. The summed E-state index contributed by atoms with van der Waals surface area (Å²) in [6.07, 6.45) is 2.91. The molecule has 0 spiro atoms. The van der Waals surface area contributed by atoms with Crippen LogP contribution in [-0.2, 0) is 19.3 Å². The van der Waals surface area contributed by atoms with Crippen molar-refractivity contribution in [2.75, 3.05) is 13.2 Å². The lowest BCUT2D eigenvalue weighted by Crippen LogP contribution is -2.30. The topological polar surface area (TPSA) is 38.3 Å². The molecule has 0 aromatic heterocycles. The SMILES string of the molecule is C=C(NCC1COc2ccccc2C1)c1ccc(CCc2ccc(-c3ccccc3C(C)=O)cc2)c(C(C)=C(C)C)c1. The monoisotopic (exact) mass is 555 g/mol. The smallest absolute Gasteiger partial charge is 0.160 e. The van der Waals surface area contributed by atoms with Crippen LogP contribution in [-0.4, -0.2) is 18.9 Å². The molecule has 0 saturated heterocycles. The van der Waals surface area contributed by atoms with Gasteiger partial charge in [0.15, 0.2) is 5.78 Å². The molecular weight excluding hydrogens is 514 g/mol. The Morgan fingerprint density at radius 2 is 1.60 bits per heavy atom. The third-order valence-electron chi connectivity index (χ3n) is 8.43. The molecule has 42 heavy (non-hydrogen) atoms. The molecule has 4 aromatic carbocycles. The molecule has 0 bridgehead atoms. The highest BCUT2D eigenvalue weighted by molar-refractivity contribution is 6.00. The third kappa shape index (κ3) is 6.74. The largest absolute Gasteiger partial charge is 0.493 e. The summed E-state index contributed by atoms with van der Waals surface area (Å²) in [4.78, 5) is 12.1. The Bertz CT molecular complexity index is 1620. The van der Waals surface area contributed by atoms with Gasteiger partial charge in [-0.2, -0.15) is 0 Å². The lowest BCUT2D eigenvalue weighted by molar-refractivity contribution is 0.101. The van der Waals surface area contributed by atoms with Gasteiger partial charge >= 0.3 is 0 Å². The number of ketones is 1. The molecule has 5 rings (SSSR count). The van der Waals surface area contributed by atoms with E-state index in [2.05, 4.69) is 93.3 Å². The lowest BCUT2D eigenvalue weighted by atomic mass is 9.91. The van der Waals surface area contributed by atoms with Gasteiger partial charge in [-0.05, 0) is 104 Å². The van der Waals surface area contributed by atoms with E-state index in [9.17, 15) is 4.79 Å². The van der Waals surface area contributed by atoms with E-state index in [-0.39, 0.29) is 5.78 Å². The number of carbonyl (C=O) groups is 1. The van der Waals surface area contributed by atoms with E-state index in [0.29, 0.717) is 5.92 Å². The van der Waals surface area contributed by atoms with Crippen molar-refractivity contribution in [3.8, 4) is 16.9 Å². The Morgan fingerprint density at radius 1 is 0.857 bits per heavy atom. The first-order valence-electron chi connectivity index (χ1n) is 14.9. The lowest BCUT2D eigenvalue weighted by Gasteiger charge is -2.26. The summed E-state index contributed by atoms with van der Waals surface area (Å²) in [7, 11) is 0. The van der Waals surface area contributed by atoms with Crippen LogP contribution in [0.5, 0.6) is 5.75 Å². The summed E-state index contributed by atoms with van der Waals surface area (Å²) in [6, 6.07) is 31.5. The number of hydrogen-bond acceptors (Lipinski definition) is 3. The van der Waals surface area contributed by atoms with Crippen molar-refractivity contribution in [1.29, 1.82) is 0 Å². The van der Waals surface area contributed by atoms with Crippen molar-refractivity contribution < 1.29 is 9.53 Å². The van der Waals surface area contributed by atoms with Crippen molar-refractivity contribution in [2.45, 2.75) is 47.0 Å². The number of hydrogen-bond donors (Lipinski definition) is 1. The number of Topliss-reactive ketones (excluding diaryl/α,β-unsaturated/α-hetero) is 1. The fraction of sp³-hybridized carbons (Fsp3) is 0.256. The van der Waals surface area contributed by atoms with E-state index in [4.69, 9.17) is 4.74 Å². The number of carbonyl (C=O) groups excluding carboxylic acids is 1. The van der Waals surface area contributed by atoms with Gasteiger partial charge in [0.25, 0.3) is 0 Å². The maximum absolute atomic E-state index is 12.1. The van der Waals surface area contributed by atoms with Gasteiger partial charge in [-0.15, -0.1) is 0 Å². The van der Waals surface area contributed by atoms with Gasteiger partial charge in [0.1, 0.15) is 5.75 Å². The van der Waals surface area contributed by atoms with Crippen molar-refractivity contribution >= 4 is 17.1 Å². The molecule has 0 fully saturated rings. The number of allylic oxidation sites excluding steroid dienone is 2. The van der Waals surface area contributed by atoms with Gasteiger partial charge in [0.05, 0.1) is 6.61 Å². The molecule has 1 heterocycles. The van der Waals surface area contributed by atoms with E-state index in [1.165, 1.54) is 33.4 Å². The van der Waals surface area contributed by atoms with E-state index in [1.54, 1.807) is 6.92 Å². The Kier molecular flexibility index (Phi) is 9.07. The van der Waals surface area contributed by atoms with Gasteiger partial charge in [-0.3, -0.25) is 4.79 Å². The second kappa shape index (κ2) is 13.1. The van der Waals surface area contributed by atoms with E-state index in [1.807, 2.05) is 30.3 Å². The Labute approximate surface area is 251 Å². The highest BCUT2D eigenvalue weighted by Crippen LogP contribution is 2.29. The van der Waals surface area contributed by atoms with Crippen LogP contribution in [0.25, 0.3) is 22.4 Å². The molecule has 4 aromatic rings. The first-order chi connectivity index (χ1) is 20.3. The number of aryl methyl sites for hydroxylation is 2. The second-order valence-corrected chi connectivity index (χ2v) is 11.6. The van der Waals surface area contributed by atoms with Crippen LogP contribution in [0.3, 0.4) is 0 Å². The Morgan fingerprint density at radius 3 is 2.36 bits per heavy atom. The highest BCUT2D eigenvalue weighted by atomic mass is 16.5. The average Bonchev–Trinajstić information content (AvgIpc) is 3.02. The molecule has 0 radical (unpaired) electrons. The number of fused-ring (bicyclic) bond motifs is 1. The quantitative estimate of drug-likeness (QED) is 0.199. The normalized spacial score (nSPS) is 14.0. The summed E-state index contributed by atoms with van der Waals surface area (Å²) < 4.78 is 5.98. The minimum atomic E-state index is 0.0898. The second-order valence-electron chi connectivity index (χ2n) is 11.6. The van der Waals surface area contributed by atoms with Gasteiger partial charge in [-0.1, -0.05) is 91.0 Å². The molecule has 3 heteroatoms. The fourth-order valence-electron chi connectivity index (χ4n) is 5.66. The number of rotatable bonds is 10. The minimum absolute atomic E-state index is 0.0898. The summed E-state index contributed by atoms with van der Waals surface area (Å²) in [6.45, 7) is 14.1. The zero-order chi connectivity index (χ0) is 29.6. The molecule has 1 N–H and O–H groups in total. The summed E-state index contributed by atoms with van der Waals surface area (Å²) in [5.74, 6) is 1.52. The van der Waals surface area contributed by atoms with Gasteiger partial charge in [-0.25, -0.2) is 0 Å². The van der Waals surface area contributed by atoms with Crippen molar-refractivity contribution in [1.82, 2.24) is 5.32 Å². The highest BCUT2D eigenvalue weighted by Gasteiger charge is 2.20. The van der Waals surface area contributed by atoms with Crippen molar-refractivity contribution in [2.24, 2.45) is 5.92 Å². The van der Waals surface area contributed by atoms with Crippen LogP contribution in [0.2, 0.25) is 0 Å². The van der Waals surface area contributed by atoms with Crippen LogP contribution >= 0.6 is 0 Å².